The number of rotatable bonds is 9. The van der Waals surface area contributed by atoms with Crippen molar-refractivity contribution in [3.63, 3.8) is 0 Å². The zero-order chi connectivity index (χ0) is 15.0. The van der Waals surface area contributed by atoms with Gasteiger partial charge in [0, 0.05) is 13.2 Å². The van der Waals surface area contributed by atoms with Gasteiger partial charge in [0.2, 0.25) is 0 Å². The Kier molecular flexibility index (Phi) is 7.02. The van der Waals surface area contributed by atoms with Crippen LogP contribution < -0.4 is 4.52 Å². The van der Waals surface area contributed by atoms with Crippen LogP contribution in [-0.4, -0.2) is 31.0 Å². The minimum Gasteiger partial charge on any atom is -0.504 e. The van der Waals surface area contributed by atoms with Crippen LogP contribution >= 0.6 is 7.60 Å². The number of phenols is 1. The summed E-state index contributed by atoms with van der Waals surface area (Å²) in [6, 6.07) is 5.09. The summed E-state index contributed by atoms with van der Waals surface area (Å²) in [5.41, 5.74) is 0. The average Bonchev–Trinajstić information content (AvgIpc) is 2.41. The maximum atomic E-state index is 12.8. The largest absolute Gasteiger partial charge is 0.504 e. The zero-order valence-corrected chi connectivity index (χ0v) is 12.8. The third-order valence-electron chi connectivity index (χ3n) is 2.28. The van der Waals surface area contributed by atoms with Crippen LogP contribution in [0.4, 0.5) is 0 Å². The summed E-state index contributed by atoms with van der Waals surface area (Å²) >= 11 is 0. The van der Waals surface area contributed by atoms with Crippen molar-refractivity contribution in [3.8, 4) is 11.5 Å². The minimum absolute atomic E-state index is 0.0636. The molecule has 1 aromatic rings. The fourth-order valence-electron chi connectivity index (χ4n) is 1.50. The maximum absolute atomic E-state index is 12.8. The molecule has 0 spiro atoms. The Morgan fingerprint density at radius 1 is 1.10 bits per heavy atom. The number of para-hydroxylation sites is 2. The molecule has 0 bridgehead atoms. The van der Waals surface area contributed by atoms with Crippen LogP contribution in [0.15, 0.2) is 24.3 Å². The van der Waals surface area contributed by atoms with E-state index in [2.05, 4.69) is 0 Å². The van der Waals surface area contributed by atoms with Gasteiger partial charge in [0.1, 0.15) is 0 Å². The predicted molar refractivity (Wildman–Crippen MR) is 75.0 cm³/mol. The maximum Gasteiger partial charge on any atom is 0.435 e. The standard InChI is InChI=1S/C13H21O6P/c1-4-16-13(17-5-2)20(15,18-6-3)19-12-10-8-7-9-11(12)14/h7-10,13-14H,4-6H2,1-3H3. The summed E-state index contributed by atoms with van der Waals surface area (Å²) in [6.45, 7) is 5.96. The van der Waals surface area contributed by atoms with E-state index in [0.717, 1.165) is 0 Å². The summed E-state index contributed by atoms with van der Waals surface area (Å²) in [6.07, 6.45) is 0. The zero-order valence-electron chi connectivity index (χ0n) is 11.9. The highest BCUT2D eigenvalue weighted by Crippen LogP contribution is 2.55. The molecule has 1 aromatic carbocycles. The molecule has 0 fully saturated rings. The summed E-state index contributed by atoms with van der Waals surface area (Å²) in [5, 5.41) is 9.70. The Morgan fingerprint density at radius 2 is 1.70 bits per heavy atom. The molecular weight excluding hydrogens is 283 g/mol. The first-order chi connectivity index (χ1) is 9.57. The van der Waals surface area contributed by atoms with Crippen LogP contribution in [0.1, 0.15) is 20.8 Å². The van der Waals surface area contributed by atoms with Crippen molar-refractivity contribution < 1.29 is 28.2 Å². The van der Waals surface area contributed by atoms with Crippen molar-refractivity contribution in [2.75, 3.05) is 19.8 Å². The van der Waals surface area contributed by atoms with Gasteiger partial charge in [0.05, 0.1) is 6.61 Å². The lowest BCUT2D eigenvalue weighted by Gasteiger charge is -2.26. The van der Waals surface area contributed by atoms with Gasteiger partial charge < -0.3 is 19.1 Å². The first kappa shape index (κ1) is 17.0. The Morgan fingerprint density at radius 3 is 2.20 bits per heavy atom. The molecule has 0 saturated heterocycles. The van der Waals surface area contributed by atoms with E-state index in [-0.39, 0.29) is 18.1 Å². The predicted octanol–water partition coefficient (Wildman–Crippen LogP) is 3.36. The molecular formula is C13H21O6P. The third kappa shape index (κ3) is 4.49. The van der Waals surface area contributed by atoms with E-state index in [9.17, 15) is 9.67 Å². The van der Waals surface area contributed by atoms with E-state index in [4.69, 9.17) is 18.5 Å². The van der Waals surface area contributed by atoms with Crippen molar-refractivity contribution >= 4 is 7.60 Å². The summed E-state index contributed by atoms with van der Waals surface area (Å²) in [5.74, 6) is -0.0622. The van der Waals surface area contributed by atoms with Crippen LogP contribution in [-0.2, 0) is 18.6 Å². The summed E-state index contributed by atoms with van der Waals surface area (Å²) in [7, 11) is -3.72. The SMILES string of the molecule is CCOC(OCC)P(=O)(OCC)Oc1ccccc1O. The molecule has 0 aliphatic heterocycles. The number of hydrogen-bond acceptors (Lipinski definition) is 6. The fourth-order valence-corrected chi connectivity index (χ4v) is 3.21. The monoisotopic (exact) mass is 304 g/mol. The van der Waals surface area contributed by atoms with E-state index < -0.39 is 13.6 Å². The van der Waals surface area contributed by atoms with Crippen molar-refractivity contribution in [1.82, 2.24) is 0 Å². The minimum atomic E-state index is -3.72. The van der Waals surface area contributed by atoms with E-state index in [1.54, 1.807) is 32.9 Å². The number of benzene rings is 1. The topological polar surface area (TPSA) is 74.2 Å². The molecule has 1 rings (SSSR count). The normalized spacial score (nSPS) is 14.2. The molecule has 0 saturated carbocycles. The molecule has 114 valence electrons. The van der Waals surface area contributed by atoms with Gasteiger partial charge >= 0.3 is 7.60 Å². The highest BCUT2D eigenvalue weighted by molar-refractivity contribution is 7.54. The van der Waals surface area contributed by atoms with Crippen LogP contribution in [0.5, 0.6) is 11.5 Å². The Bertz CT molecular complexity index is 444. The van der Waals surface area contributed by atoms with Gasteiger partial charge in [-0.2, -0.15) is 0 Å². The number of hydrogen-bond donors (Lipinski definition) is 1. The van der Waals surface area contributed by atoms with E-state index in [1.807, 2.05) is 0 Å². The Hall–Kier alpha value is -1.07. The molecule has 0 amide bonds. The second-order valence-electron chi connectivity index (χ2n) is 3.73. The second kappa shape index (κ2) is 8.27. The van der Waals surface area contributed by atoms with Crippen LogP contribution in [0, 0.1) is 0 Å². The lowest BCUT2D eigenvalue weighted by atomic mass is 10.3. The van der Waals surface area contributed by atoms with Gasteiger partial charge in [-0.15, -0.1) is 0 Å². The fraction of sp³-hybridized carbons (Fsp3) is 0.538. The molecule has 0 aliphatic rings. The van der Waals surface area contributed by atoms with Crippen LogP contribution in [0.25, 0.3) is 0 Å². The van der Waals surface area contributed by atoms with Gasteiger partial charge in [-0.25, -0.2) is 4.57 Å². The van der Waals surface area contributed by atoms with E-state index in [1.165, 1.54) is 12.1 Å². The van der Waals surface area contributed by atoms with Gasteiger partial charge in [-0.3, -0.25) is 4.52 Å². The van der Waals surface area contributed by atoms with Crippen molar-refractivity contribution in [2.45, 2.75) is 26.8 Å². The van der Waals surface area contributed by atoms with Gasteiger partial charge in [0.25, 0.3) is 6.03 Å². The molecule has 20 heavy (non-hydrogen) atoms. The molecule has 7 heteroatoms. The smallest absolute Gasteiger partial charge is 0.435 e. The molecule has 0 heterocycles. The Labute approximate surface area is 119 Å². The first-order valence-corrected chi connectivity index (χ1v) is 8.13. The summed E-state index contributed by atoms with van der Waals surface area (Å²) < 4.78 is 34.0. The highest BCUT2D eigenvalue weighted by Gasteiger charge is 2.39. The highest BCUT2D eigenvalue weighted by atomic mass is 31.2. The molecule has 1 atom stereocenters. The summed E-state index contributed by atoms with van der Waals surface area (Å²) in [4.78, 5) is 0. The molecule has 6 nitrogen and oxygen atoms in total. The van der Waals surface area contributed by atoms with Crippen molar-refractivity contribution in [3.05, 3.63) is 24.3 Å². The molecule has 1 unspecified atom stereocenters. The first-order valence-electron chi connectivity index (χ1n) is 6.52. The number of phenolic OH excluding ortho intramolecular Hbond substituents is 1. The van der Waals surface area contributed by atoms with Crippen molar-refractivity contribution in [1.29, 1.82) is 0 Å². The molecule has 0 radical (unpaired) electrons. The van der Waals surface area contributed by atoms with Gasteiger partial charge in [-0.1, -0.05) is 12.1 Å². The molecule has 0 aliphatic carbocycles. The lowest BCUT2D eigenvalue weighted by Crippen LogP contribution is -2.22. The molecule has 0 aromatic heterocycles. The van der Waals surface area contributed by atoms with Crippen LogP contribution in [0.3, 0.4) is 0 Å². The van der Waals surface area contributed by atoms with E-state index >= 15 is 0 Å². The second-order valence-corrected chi connectivity index (χ2v) is 5.68. The molecule has 1 N–H and O–H groups in total. The third-order valence-corrected chi connectivity index (χ3v) is 4.16. The van der Waals surface area contributed by atoms with E-state index in [0.29, 0.717) is 13.2 Å². The average molecular weight is 304 g/mol. The number of aromatic hydroxyl groups is 1. The Balaban J connectivity index is 3.00. The lowest BCUT2D eigenvalue weighted by molar-refractivity contribution is -0.0948. The number of ether oxygens (including phenoxy) is 2. The quantitative estimate of drug-likeness (QED) is 0.557. The van der Waals surface area contributed by atoms with Gasteiger partial charge in [-0.05, 0) is 32.9 Å². The van der Waals surface area contributed by atoms with Crippen LogP contribution in [0.2, 0.25) is 0 Å². The van der Waals surface area contributed by atoms with Crippen molar-refractivity contribution in [2.24, 2.45) is 0 Å². The van der Waals surface area contributed by atoms with Gasteiger partial charge in [0.15, 0.2) is 11.5 Å².